The summed E-state index contributed by atoms with van der Waals surface area (Å²) in [5.41, 5.74) is 3.18. The molecule has 3 nitrogen and oxygen atoms in total. The van der Waals surface area contributed by atoms with Crippen LogP contribution in [0.3, 0.4) is 0 Å². The lowest BCUT2D eigenvalue weighted by Crippen LogP contribution is -2.13. The van der Waals surface area contributed by atoms with Gasteiger partial charge in [-0.1, -0.05) is 55.8 Å². The summed E-state index contributed by atoms with van der Waals surface area (Å²) in [4.78, 5) is 1.86. The Morgan fingerprint density at radius 1 is 0.895 bits per heavy atom. The van der Waals surface area contributed by atoms with Crippen molar-refractivity contribution in [3.05, 3.63) is 60.2 Å². The zero-order valence-corrected chi connectivity index (χ0v) is 11.0. The van der Waals surface area contributed by atoms with Crippen LogP contribution in [0.5, 0.6) is 0 Å². The number of aromatic nitrogens is 3. The fraction of sp³-hybridized carbons (Fsp3) is 0.250. The first kappa shape index (κ1) is 11.9. The van der Waals surface area contributed by atoms with Gasteiger partial charge in [-0.3, -0.25) is 0 Å². The van der Waals surface area contributed by atoms with Crippen molar-refractivity contribution in [1.82, 2.24) is 15.0 Å². The molecule has 0 aliphatic rings. The smallest absolute Gasteiger partial charge is 0.113 e. The summed E-state index contributed by atoms with van der Waals surface area (Å²) in [5, 5.41) is 9.23. The van der Waals surface area contributed by atoms with Crippen LogP contribution in [0.1, 0.15) is 31.4 Å². The van der Waals surface area contributed by atoms with Crippen molar-refractivity contribution < 1.29 is 0 Å². The van der Waals surface area contributed by atoms with Gasteiger partial charge in [-0.25, -0.2) is 0 Å². The Morgan fingerprint density at radius 3 is 2.05 bits per heavy atom. The zero-order chi connectivity index (χ0) is 13.1. The van der Waals surface area contributed by atoms with E-state index in [1.807, 2.05) is 35.1 Å². The molecule has 0 bridgehead atoms. The molecule has 19 heavy (non-hydrogen) atoms. The van der Waals surface area contributed by atoms with Gasteiger partial charge < -0.3 is 0 Å². The molecule has 2 aromatic carbocycles. The van der Waals surface area contributed by atoms with Crippen molar-refractivity contribution in [2.45, 2.75) is 25.8 Å². The van der Waals surface area contributed by atoms with Gasteiger partial charge in [0.2, 0.25) is 0 Å². The average molecular weight is 251 g/mol. The number of rotatable bonds is 4. The molecular weight excluding hydrogens is 234 g/mol. The summed E-state index contributed by atoms with van der Waals surface area (Å²) in [6.07, 6.45) is 2.16. The second-order valence-corrected chi connectivity index (χ2v) is 4.72. The summed E-state index contributed by atoms with van der Waals surface area (Å²) >= 11 is 0. The third-order valence-corrected chi connectivity index (χ3v) is 3.33. The van der Waals surface area contributed by atoms with E-state index in [1.54, 1.807) is 0 Å². The van der Waals surface area contributed by atoms with E-state index in [0.717, 1.165) is 23.9 Å². The second-order valence-electron chi connectivity index (χ2n) is 4.72. The monoisotopic (exact) mass is 251 g/mol. The lowest BCUT2D eigenvalue weighted by Gasteiger charge is -2.15. The molecule has 0 saturated heterocycles. The first-order valence-corrected chi connectivity index (χ1v) is 6.75. The Bertz CT molecular complexity index is 625. The highest BCUT2D eigenvalue weighted by atomic mass is 15.5. The van der Waals surface area contributed by atoms with Crippen molar-refractivity contribution in [2.75, 3.05) is 0 Å². The molecule has 0 fully saturated rings. The molecule has 0 N–H and O–H groups in total. The summed E-state index contributed by atoms with van der Waals surface area (Å²) < 4.78 is 0. The van der Waals surface area contributed by atoms with Crippen molar-refractivity contribution >= 4 is 11.0 Å². The molecule has 96 valence electrons. The Morgan fingerprint density at radius 2 is 1.47 bits per heavy atom. The minimum Gasteiger partial charge on any atom is -0.176 e. The van der Waals surface area contributed by atoms with Gasteiger partial charge in [-0.15, -0.1) is 0 Å². The number of nitrogens with zero attached hydrogens (tertiary/aromatic N) is 3. The average Bonchev–Trinajstić information content (AvgIpc) is 2.89. The summed E-state index contributed by atoms with van der Waals surface area (Å²) in [5.74, 6) is 0. The standard InChI is InChI=1S/C16H17N3/c1-2-8-16(13-9-4-3-5-10-13)19-17-14-11-6-7-12-15(14)18-19/h3-7,9-12,16H,2,8H2,1H3. The fourth-order valence-corrected chi connectivity index (χ4v) is 2.38. The van der Waals surface area contributed by atoms with Crippen LogP contribution in [0.4, 0.5) is 0 Å². The summed E-state index contributed by atoms with van der Waals surface area (Å²) in [6.45, 7) is 2.19. The molecule has 3 heteroatoms. The van der Waals surface area contributed by atoms with Crippen LogP contribution in [0, 0.1) is 0 Å². The van der Waals surface area contributed by atoms with E-state index >= 15 is 0 Å². The van der Waals surface area contributed by atoms with Crippen molar-refractivity contribution in [2.24, 2.45) is 0 Å². The maximum absolute atomic E-state index is 4.61. The molecule has 0 aliphatic carbocycles. The normalized spacial score (nSPS) is 12.7. The Balaban J connectivity index is 2.04. The number of benzene rings is 2. The van der Waals surface area contributed by atoms with Gasteiger partial charge in [-0.2, -0.15) is 15.0 Å². The Kier molecular flexibility index (Phi) is 3.27. The minimum absolute atomic E-state index is 0.221. The van der Waals surface area contributed by atoms with E-state index < -0.39 is 0 Å². The van der Waals surface area contributed by atoms with Gasteiger partial charge in [0.15, 0.2) is 0 Å². The highest BCUT2D eigenvalue weighted by molar-refractivity contribution is 5.73. The van der Waals surface area contributed by atoms with Crippen LogP contribution in [-0.2, 0) is 0 Å². The molecule has 0 amide bonds. The number of hydrogen-bond donors (Lipinski definition) is 0. The van der Waals surface area contributed by atoms with Crippen LogP contribution < -0.4 is 0 Å². The topological polar surface area (TPSA) is 30.7 Å². The summed E-state index contributed by atoms with van der Waals surface area (Å²) in [6, 6.07) is 18.7. The maximum Gasteiger partial charge on any atom is 0.113 e. The van der Waals surface area contributed by atoms with E-state index in [0.29, 0.717) is 0 Å². The van der Waals surface area contributed by atoms with Crippen LogP contribution in [0.25, 0.3) is 11.0 Å². The van der Waals surface area contributed by atoms with Crippen LogP contribution >= 0.6 is 0 Å². The van der Waals surface area contributed by atoms with E-state index in [1.165, 1.54) is 5.56 Å². The van der Waals surface area contributed by atoms with Crippen LogP contribution in [-0.4, -0.2) is 15.0 Å². The third-order valence-electron chi connectivity index (χ3n) is 3.33. The van der Waals surface area contributed by atoms with E-state index in [2.05, 4.69) is 41.4 Å². The van der Waals surface area contributed by atoms with E-state index in [-0.39, 0.29) is 6.04 Å². The molecule has 1 aromatic heterocycles. The van der Waals surface area contributed by atoms with Crippen molar-refractivity contribution in [1.29, 1.82) is 0 Å². The molecule has 3 rings (SSSR count). The molecule has 1 unspecified atom stereocenters. The number of fused-ring (bicyclic) bond motifs is 1. The van der Waals surface area contributed by atoms with Gasteiger partial charge in [0, 0.05) is 0 Å². The molecule has 1 atom stereocenters. The fourth-order valence-electron chi connectivity index (χ4n) is 2.38. The van der Waals surface area contributed by atoms with Crippen LogP contribution in [0.2, 0.25) is 0 Å². The van der Waals surface area contributed by atoms with Gasteiger partial charge in [-0.05, 0) is 24.1 Å². The maximum atomic E-state index is 4.61. The van der Waals surface area contributed by atoms with Crippen LogP contribution in [0.15, 0.2) is 54.6 Å². The first-order valence-electron chi connectivity index (χ1n) is 6.75. The molecule has 0 aliphatic heterocycles. The highest BCUT2D eigenvalue weighted by Gasteiger charge is 2.15. The SMILES string of the molecule is CCCC(c1ccccc1)n1nc2ccccc2n1. The van der Waals surface area contributed by atoms with E-state index in [4.69, 9.17) is 0 Å². The zero-order valence-electron chi connectivity index (χ0n) is 11.0. The Labute approximate surface area is 112 Å². The molecule has 0 saturated carbocycles. The lowest BCUT2D eigenvalue weighted by molar-refractivity contribution is 0.437. The van der Waals surface area contributed by atoms with Gasteiger partial charge >= 0.3 is 0 Å². The molecular formula is C16H17N3. The van der Waals surface area contributed by atoms with Gasteiger partial charge in [0.25, 0.3) is 0 Å². The lowest BCUT2D eigenvalue weighted by atomic mass is 10.0. The first-order chi connectivity index (χ1) is 9.38. The summed E-state index contributed by atoms with van der Waals surface area (Å²) in [7, 11) is 0. The second kappa shape index (κ2) is 5.22. The predicted octanol–water partition coefficient (Wildman–Crippen LogP) is 3.82. The van der Waals surface area contributed by atoms with Gasteiger partial charge in [0.05, 0.1) is 6.04 Å². The quantitative estimate of drug-likeness (QED) is 0.705. The van der Waals surface area contributed by atoms with Gasteiger partial charge in [0.1, 0.15) is 11.0 Å². The Hall–Kier alpha value is -2.16. The predicted molar refractivity (Wildman–Crippen MR) is 77.0 cm³/mol. The highest BCUT2D eigenvalue weighted by Crippen LogP contribution is 2.23. The molecule has 1 heterocycles. The third kappa shape index (κ3) is 2.36. The van der Waals surface area contributed by atoms with Crippen molar-refractivity contribution in [3.8, 4) is 0 Å². The molecule has 0 spiro atoms. The van der Waals surface area contributed by atoms with Crippen molar-refractivity contribution in [3.63, 3.8) is 0 Å². The number of hydrogen-bond acceptors (Lipinski definition) is 2. The van der Waals surface area contributed by atoms with E-state index in [9.17, 15) is 0 Å². The largest absolute Gasteiger partial charge is 0.176 e. The minimum atomic E-state index is 0.221. The molecule has 0 radical (unpaired) electrons. The molecule has 3 aromatic rings.